The Hall–Kier alpha value is -1.33. The molecule has 0 amide bonds. The molecule has 0 bridgehead atoms. The van der Waals surface area contributed by atoms with Gasteiger partial charge in [-0.25, -0.2) is 9.97 Å². The van der Waals surface area contributed by atoms with Crippen molar-refractivity contribution >= 4 is 23.1 Å². The number of aliphatic hydroxyl groups excluding tert-OH is 1. The molecule has 0 spiro atoms. The van der Waals surface area contributed by atoms with Crippen LogP contribution in [0.1, 0.15) is 6.42 Å². The molecule has 2 rings (SSSR count). The number of nitrogen functional groups attached to an aromatic ring is 1. The molecule has 1 heterocycles. The Morgan fingerprint density at radius 3 is 3.00 bits per heavy atom. The Morgan fingerprint density at radius 2 is 2.31 bits per heavy atom. The third-order valence-electron chi connectivity index (χ3n) is 2.56. The number of rotatable bonds is 3. The van der Waals surface area contributed by atoms with Crippen molar-refractivity contribution in [2.75, 3.05) is 17.7 Å². The average molecular weight is 241 g/mol. The quantitative estimate of drug-likeness (QED) is 0.544. The van der Waals surface area contributed by atoms with E-state index in [4.69, 9.17) is 22.4 Å². The normalized spacial score (nSPS) is 23.6. The molecule has 0 fully saturated rings. The topological polar surface area (TPSA) is 84.1 Å². The van der Waals surface area contributed by atoms with Gasteiger partial charge in [0.1, 0.15) is 12.0 Å². The summed E-state index contributed by atoms with van der Waals surface area (Å²) in [6, 6.07) is 0.130. The molecule has 0 aliphatic heterocycles. The molecule has 0 saturated heterocycles. The first-order valence-corrected chi connectivity index (χ1v) is 5.40. The van der Waals surface area contributed by atoms with Gasteiger partial charge in [0.2, 0.25) is 0 Å². The molecule has 0 saturated carbocycles. The Labute approximate surface area is 98.4 Å². The number of aliphatic hydroxyl groups is 1. The van der Waals surface area contributed by atoms with Crippen LogP contribution in [0.25, 0.3) is 0 Å². The minimum Gasteiger partial charge on any atom is -0.396 e. The van der Waals surface area contributed by atoms with Crippen LogP contribution < -0.4 is 11.1 Å². The Balaban J connectivity index is 2.05. The minimum atomic E-state index is 0.130. The summed E-state index contributed by atoms with van der Waals surface area (Å²) in [7, 11) is 0. The van der Waals surface area contributed by atoms with Crippen LogP contribution in [0.5, 0.6) is 0 Å². The highest BCUT2D eigenvalue weighted by molar-refractivity contribution is 6.32. The molecule has 2 unspecified atom stereocenters. The molecule has 16 heavy (non-hydrogen) atoms. The van der Waals surface area contributed by atoms with Crippen molar-refractivity contribution in [1.29, 1.82) is 0 Å². The van der Waals surface area contributed by atoms with Crippen LogP contribution in [0.4, 0.5) is 11.5 Å². The van der Waals surface area contributed by atoms with Crippen LogP contribution >= 0.6 is 11.6 Å². The number of anilines is 2. The van der Waals surface area contributed by atoms with E-state index < -0.39 is 0 Å². The van der Waals surface area contributed by atoms with Crippen LogP contribution in [0.3, 0.4) is 0 Å². The lowest BCUT2D eigenvalue weighted by atomic mass is 10.1. The summed E-state index contributed by atoms with van der Waals surface area (Å²) >= 11 is 5.78. The van der Waals surface area contributed by atoms with Gasteiger partial charge < -0.3 is 16.2 Å². The second-order valence-corrected chi connectivity index (χ2v) is 4.10. The largest absolute Gasteiger partial charge is 0.396 e. The van der Waals surface area contributed by atoms with Gasteiger partial charge in [-0.15, -0.1) is 0 Å². The van der Waals surface area contributed by atoms with Crippen molar-refractivity contribution in [2.24, 2.45) is 5.92 Å². The molecule has 0 aromatic carbocycles. The molecule has 2 atom stereocenters. The Kier molecular flexibility index (Phi) is 3.26. The van der Waals surface area contributed by atoms with Gasteiger partial charge in [0, 0.05) is 18.6 Å². The summed E-state index contributed by atoms with van der Waals surface area (Å²) in [5.74, 6) is 0.740. The molecule has 0 radical (unpaired) electrons. The first kappa shape index (κ1) is 11.2. The van der Waals surface area contributed by atoms with E-state index >= 15 is 0 Å². The smallest absolute Gasteiger partial charge is 0.157 e. The van der Waals surface area contributed by atoms with Gasteiger partial charge in [0.05, 0.1) is 0 Å². The fraction of sp³-hybridized carbons (Fsp3) is 0.400. The second-order valence-electron chi connectivity index (χ2n) is 3.74. The minimum absolute atomic E-state index is 0.130. The van der Waals surface area contributed by atoms with Crippen molar-refractivity contribution in [2.45, 2.75) is 12.5 Å². The fourth-order valence-electron chi connectivity index (χ4n) is 1.68. The maximum absolute atomic E-state index is 9.00. The second kappa shape index (κ2) is 4.67. The number of halogens is 1. The number of nitrogens with zero attached hydrogens (tertiary/aromatic N) is 2. The van der Waals surface area contributed by atoms with Crippen molar-refractivity contribution in [3.8, 4) is 0 Å². The van der Waals surface area contributed by atoms with Gasteiger partial charge in [-0.05, 0) is 6.42 Å². The lowest BCUT2D eigenvalue weighted by molar-refractivity contribution is 0.250. The summed E-state index contributed by atoms with van der Waals surface area (Å²) in [5, 5.41) is 12.4. The zero-order chi connectivity index (χ0) is 11.5. The lowest BCUT2D eigenvalue weighted by Crippen LogP contribution is -2.18. The maximum Gasteiger partial charge on any atom is 0.157 e. The van der Waals surface area contributed by atoms with Crippen molar-refractivity contribution < 1.29 is 5.11 Å². The molecule has 5 nitrogen and oxygen atoms in total. The van der Waals surface area contributed by atoms with E-state index in [1.165, 1.54) is 6.33 Å². The van der Waals surface area contributed by atoms with E-state index in [1.54, 1.807) is 0 Å². The Morgan fingerprint density at radius 1 is 1.50 bits per heavy atom. The predicted molar refractivity (Wildman–Crippen MR) is 63.2 cm³/mol. The van der Waals surface area contributed by atoms with Gasteiger partial charge in [0.15, 0.2) is 11.0 Å². The fourth-order valence-corrected chi connectivity index (χ4v) is 1.81. The zero-order valence-electron chi connectivity index (χ0n) is 8.60. The summed E-state index contributed by atoms with van der Waals surface area (Å²) in [4.78, 5) is 7.80. The predicted octanol–water partition coefficient (Wildman–Crippen LogP) is 1.06. The van der Waals surface area contributed by atoms with Crippen molar-refractivity contribution in [3.63, 3.8) is 0 Å². The summed E-state index contributed by atoms with van der Waals surface area (Å²) < 4.78 is 0. The first-order valence-electron chi connectivity index (χ1n) is 5.02. The number of nitrogens with two attached hydrogens (primary N) is 1. The van der Waals surface area contributed by atoms with Crippen molar-refractivity contribution in [1.82, 2.24) is 9.97 Å². The number of nitrogens with one attached hydrogen (secondary N) is 1. The van der Waals surface area contributed by atoms with Gasteiger partial charge in [0.25, 0.3) is 0 Å². The first-order chi connectivity index (χ1) is 7.70. The molecular formula is C10H13ClN4O. The molecule has 4 N–H and O–H groups in total. The molecule has 1 aliphatic carbocycles. The monoisotopic (exact) mass is 240 g/mol. The van der Waals surface area contributed by atoms with E-state index in [-0.39, 0.29) is 23.7 Å². The zero-order valence-corrected chi connectivity index (χ0v) is 9.35. The molecule has 6 heteroatoms. The van der Waals surface area contributed by atoms with Crippen LogP contribution in [-0.2, 0) is 0 Å². The number of hydrogen-bond donors (Lipinski definition) is 3. The van der Waals surface area contributed by atoms with Gasteiger partial charge in [-0.2, -0.15) is 0 Å². The average Bonchev–Trinajstić information content (AvgIpc) is 2.73. The maximum atomic E-state index is 9.00. The van der Waals surface area contributed by atoms with E-state index in [2.05, 4.69) is 15.3 Å². The third kappa shape index (κ3) is 2.25. The van der Waals surface area contributed by atoms with Crippen LogP contribution in [-0.4, -0.2) is 27.7 Å². The highest BCUT2D eigenvalue weighted by Gasteiger charge is 2.19. The summed E-state index contributed by atoms with van der Waals surface area (Å²) in [6.07, 6.45) is 6.17. The molecular weight excluding hydrogens is 228 g/mol. The van der Waals surface area contributed by atoms with Crippen molar-refractivity contribution in [3.05, 3.63) is 23.6 Å². The van der Waals surface area contributed by atoms with Gasteiger partial charge in [-0.1, -0.05) is 23.8 Å². The molecule has 1 aromatic rings. The summed E-state index contributed by atoms with van der Waals surface area (Å²) in [6.45, 7) is 0.161. The van der Waals surface area contributed by atoms with E-state index in [9.17, 15) is 0 Å². The van der Waals surface area contributed by atoms with E-state index in [0.29, 0.717) is 11.5 Å². The SMILES string of the molecule is Nc1c(Cl)ncnc1NC1C=CC(CO)C1. The van der Waals surface area contributed by atoms with E-state index in [0.717, 1.165) is 6.42 Å². The van der Waals surface area contributed by atoms with Crippen LogP contribution in [0, 0.1) is 5.92 Å². The highest BCUT2D eigenvalue weighted by Crippen LogP contribution is 2.26. The van der Waals surface area contributed by atoms with Crippen LogP contribution in [0.15, 0.2) is 18.5 Å². The molecule has 1 aliphatic rings. The molecule has 86 valence electrons. The van der Waals surface area contributed by atoms with Crippen LogP contribution in [0.2, 0.25) is 5.15 Å². The highest BCUT2D eigenvalue weighted by atomic mass is 35.5. The van der Waals surface area contributed by atoms with Gasteiger partial charge in [-0.3, -0.25) is 0 Å². The summed E-state index contributed by atoms with van der Waals surface area (Å²) in [5.41, 5.74) is 6.09. The number of aromatic nitrogens is 2. The number of hydrogen-bond acceptors (Lipinski definition) is 5. The lowest BCUT2D eigenvalue weighted by Gasteiger charge is -2.14. The Bertz CT molecular complexity index is 410. The third-order valence-corrected chi connectivity index (χ3v) is 2.87. The molecule has 1 aromatic heterocycles. The van der Waals surface area contributed by atoms with E-state index in [1.807, 2.05) is 12.2 Å². The standard InChI is InChI=1S/C10H13ClN4O/c11-9-8(12)10(14-5-13-9)15-7-2-1-6(3-7)4-16/h1-2,5-7,16H,3-4,12H2,(H,13,14,15). The van der Waals surface area contributed by atoms with Gasteiger partial charge >= 0.3 is 0 Å².